The van der Waals surface area contributed by atoms with Crippen LogP contribution in [0.3, 0.4) is 0 Å². The van der Waals surface area contributed by atoms with Gasteiger partial charge in [0, 0.05) is 37.6 Å². The van der Waals surface area contributed by atoms with Crippen LogP contribution in [-0.2, 0) is 6.42 Å². The van der Waals surface area contributed by atoms with Gasteiger partial charge in [0.25, 0.3) is 5.91 Å². The van der Waals surface area contributed by atoms with Crippen LogP contribution in [-0.4, -0.2) is 52.7 Å². The van der Waals surface area contributed by atoms with E-state index in [0.29, 0.717) is 5.56 Å². The number of amides is 1. The molecule has 3 rings (SSSR count). The molecule has 1 aliphatic rings. The van der Waals surface area contributed by atoms with Gasteiger partial charge in [-0.15, -0.1) is 0 Å². The Morgan fingerprint density at radius 2 is 2.08 bits per heavy atom. The Bertz CT molecular complexity index is 648. The molecule has 2 heterocycles. The van der Waals surface area contributed by atoms with Gasteiger partial charge in [-0.25, -0.2) is 0 Å². The average molecular weight is 325 g/mol. The number of pyridine rings is 1. The molecule has 2 aromatic rings. The van der Waals surface area contributed by atoms with Crippen molar-refractivity contribution in [2.75, 3.05) is 19.7 Å². The SMILES string of the molecule is O=C(N[C@H]1C[C@@H](CO)N(CCc2ccccc2)C1)c1cccnc1. The molecular weight excluding hydrogens is 302 g/mol. The van der Waals surface area contributed by atoms with Crippen LogP contribution in [0.2, 0.25) is 0 Å². The van der Waals surface area contributed by atoms with Gasteiger partial charge in [0.15, 0.2) is 0 Å². The lowest BCUT2D eigenvalue weighted by atomic mass is 10.1. The third kappa shape index (κ3) is 4.19. The molecule has 0 radical (unpaired) electrons. The zero-order valence-corrected chi connectivity index (χ0v) is 13.6. The fourth-order valence-corrected chi connectivity index (χ4v) is 3.24. The molecule has 0 spiro atoms. The number of nitrogens with one attached hydrogen (secondary N) is 1. The number of aliphatic hydroxyl groups excluding tert-OH is 1. The first-order valence-electron chi connectivity index (χ1n) is 8.36. The molecule has 126 valence electrons. The summed E-state index contributed by atoms with van der Waals surface area (Å²) >= 11 is 0. The normalized spacial score (nSPS) is 20.9. The number of aliphatic hydroxyl groups is 1. The molecular formula is C19H23N3O2. The van der Waals surface area contributed by atoms with Crippen molar-refractivity contribution in [1.82, 2.24) is 15.2 Å². The lowest BCUT2D eigenvalue weighted by Gasteiger charge is -2.22. The van der Waals surface area contributed by atoms with E-state index >= 15 is 0 Å². The second-order valence-corrected chi connectivity index (χ2v) is 6.21. The summed E-state index contributed by atoms with van der Waals surface area (Å²) in [6.07, 6.45) is 4.94. The quantitative estimate of drug-likeness (QED) is 0.844. The van der Waals surface area contributed by atoms with E-state index in [1.165, 1.54) is 5.56 Å². The molecule has 0 unspecified atom stereocenters. The van der Waals surface area contributed by atoms with Crippen molar-refractivity contribution in [3.8, 4) is 0 Å². The number of hydrogen-bond donors (Lipinski definition) is 2. The highest BCUT2D eigenvalue weighted by Gasteiger charge is 2.32. The summed E-state index contributed by atoms with van der Waals surface area (Å²) in [4.78, 5) is 18.5. The number of rotatable bonds is 6. The molecule has 0 saturated carbocycles. The number of benzene rings is 1. The van der Waals surface area contributed by atoms with Crippen LogP contribution < -0.4 is 5.32 Å². The number of hydrogen-bond acceptors (Lipinski definition) is 4. The van der Waals surface area contributed by atoms with Gasteiger partial charge in [0.05, 0.1) is 12.2 Å². The topological polar surface area (TPSA) is 65.5 Å². The zero-order valence-electron chi connectivity index (χ0n) is 13.6. The van der Waals surface area contributed by atoms with Crippen molar-refractivity contribution in [1.29, 1.82) is 0 Å². The largest absolute Gasteiger partial charge is 0.395 e. The molecule has 1 saturated heterocycles. The molecule has 0 bridgehead atoms. The van der Waals surface area contributed by atoms with Gasteiger partial charge in [-0.2, -0.15) is 0 Å². The minimum absolute atomic E-state index is 0.0608. The first-order chi connectivity index (χ1) is 11.8. The maximum Gasteiger partial charge on any atom is 0.253 e. The van der Waals surface area contributed by atoms with E-state index in [1.807, 2.05) is 18.2 Å². The highest BCUT2D eigenvalue weighted by Crippen LogP contribution is 2.18. The van der Waals surface area contributed by atoms with E-state index in [4.69, 9.17) is 0 Å². The van der Waals surface area contributed by atoms with Crippen LogP contribution in [0, 0.1) is 0 Å². The van der Waals surface area contributed by atoms with Crippen molar-refractivity contribution < 1.29 is 9.90 Å². The minimum atomic E-state index is -0.102. The van der Waals surface area contributed by atoms with Gasteiger partial charge in [0.1, 0.15) is 0 Å². The number of aromatic nitrogens is 1. The number of likely N-dealkylation sites (tertiary alicyclic amines) is 1. The Morgan fingerprint density at radius 3 is 2.79 bits per heavy atom. The maximum atomic E-state index is 12.2. The minimum Gasteiger partial charge on any atom is -0.395 e. The van der Waals surface area contributed by atoms with Crippen molar-refractivity contribution in [2.24, 2.45) is 0 Å². The predicted molar refractivity (Wildman–Crippen MR) is 92.7 cm³/mol. The summed E-state index contributed by atoms with van der Waals surface area (Å²) in [5, 5.41) is 12.7. The highest BCUT2D eigenvalue weighted by atomic mass is 16.3. The van der Waals surface area contributed by atoms with Crippen molar-refractivity contribution in [3.05, 3.63) is 66.0 Å². The first-order valence-corrected chi connectivity index (χ1v) is 8.36. The monoisotopic (exact) mass is 325 g/mol. The maximum absolute atomic E-state index is 12.2. The van der Waals surface area contributed by atoms with Crippen LogP contribution >= 0.6 is 0 Å². The molecule has 0 aliphatic carbocycles. The zero-order chi connectivity index (χ0) is 16.8. The highest BCUT2D eigenvalue weighted by molar-refractivity contribution is 5.94. The van der Waals surface area contributed by atoms with Crippen LogP contribution in [0.1, 0.15) is 22.3 Å². The molecule has 24 heavy (non-hydrogen) atoms. The van der Waals surface area contributed by atoms with E-state index in [9.17, 15) is 9.90 Å². The lowest BCUT2D eigenvalue weighted by Crippen LogP contribution is -2.38. The molecule has 1 aromatic heterocycles. The Hall–Kier alpha value is -2.24. The first kappa shape index (κ1) is 16.6. The van der Waals surface area contributed by atoms with E-state index in [2.05, 4.69) is 27.3 Å². The summed E-state index contributed by atoms with van der Waals surface area (Å²) in [6, 6.07) is 14.0. The fraction of sp³-hybridized carbons (Fsp3) is 0.368. The van der Waals surface area contributed by atoms with Crippen molar-refractivity contribution in [2.45, 2.75) is 24.9 Å². The smallest absolute Gasteiger partial charge is 0.253 e. The second kappa shape index (κ2) is 8.04. The van der Waals surface area contributed by atoms with Gasteiger partial charge in [-0.3, -0.25) is 14.7 Å². The van der Waals surface area contributed by atoms with E-state index in [-0.39, 0.29) is 24.6 Å². The molecule has 2 N–H and O–H groups in total. The Labute approximate surface area is 142 Å². The summed E-state index contributed by atoms with van der Waals surface area (Å²) in [5.41, 5.74) is 1.86. The number of nitrogens with zero attached hydrogens (tertiary/aromatic N) is 2. The van der Waals surface area contributed by atoms with Crippen LogP contribution in [0.5, 0.6) is 0 Å². The van der Waals surface area contributed by atoms with E-state index < -0.39 is 0 Å². The Morgan fingerprint density at radius 1 is 1.25 bits per heavy atom. The van der Waals surface area contributed by atoms with E-state index in [0.717, 1.165) is 25.9 Å². The van der Waals surface area contributed by atoms with Crippen LogP contribution in [0.4, 0.5) is 0 Å². The van der Waals surface area contributed by atoms with Crippen molar-refractivity contribution >= 4 is 5.91 Å². The summed E-state index contributed by atoms with van der Waals surface area (Å²) < 4.78 is 0. The average Bonchev–Trinajstić information content (AvgIpc) is 3.03. The van der Waals surface area contributed by atoms with Gasteiger partial charge < -0.3 is 10.4 Å². The molecule has 1 aliphatic heterocycles. The molecule has 5 heteroatoms. The Balaban J connectivity index is 1.55. The van der Waals surface area contributed by atoms with E-state index in [1.54, 1.807) is 24.5 Å². The molecule has 5 nitrogen and oxygen atoms in total. The van der Waals surface area contributed by atoms with Gasteiger partial charge in [-0.1, -0.05) is 30.3 Å². The summed E-state index contributed by atoms with van der Waals surface area (Å²) in [5.74, 6) is -0.102. The van der Waals surface area contributed by atoms with Crippen LogP contribution in [0.15, 0.2) is 54.9 Å². The molecule has 2 atom stereocenters. The summed E-state index contributed by atoms with van der Waals surface area (Å²) in [6.45, 7) is 1.77. The van der Waals surface area contributed by atoms with Crippen LogP contribution in [0.25, 0.3) is 0 Å². The third-order valence-corrected chi connectivity index (χ3v) is 4.53. The van der Waals surface area contributed by atoms with Gasteiger partial charge in [0.2, 0.25) is 0 Å². The molecule has 1 amide bonds. The van der Waals surface area contributed by atoms with Gasteiger partial charge >= 0.3 is 0 Å². The third-order valence-electron chi connectivity index (χ3n) is 4.53. The fourth-order valence-electron chi connectivity index (χ4n) is 3.24. The van der Waals surface area contributed by atoms with Gasteiger partial charge in [-0.05, 0) is 30.5 Å². The Kier molecular flexibility index (Phi) is 5.56. The summed E-state index contributed by atoms with van der Waals surface area (Å²) in [7, 11) is 0. The molecule has 1 aromatic carbocycles. The second-order valence-electron chi connectivity index (χ2n) is 6.21. The predicted octanol–water partition coefficient (Wildman–Crippen LogP) is 1.49. The lowest BCUT2D eigenvalue weighted by molar-refractivity contribution is 0.0937. The standard InChI is InChI=1S/C19H23N3O2/c23-14-18-11-17(21-19(24)16-7-4-9-20-12-16)13-22(18)10-8-15-5-2-1-3-6-15/h1-7,9,12,17-18,23H,8,10-11,13-14H2,(H,21,24)/t17-,18-/m0/s1. The number of carbonyl (C=O) groups is 1. The number of carbonyl (C=O) groups excluding carboxylic acids is 1. The van der Waals surface area contributed by atoms with Crippen molar-refractivity contribution in [3.63, 3.8) is 0 Å². The molecule has 1 fully saturated rings.